The van der Waals surface area contributed by atoms with E-state index in [1.165, 1.54) is 0 Å². The van der Waals surface area contributed by atoms with Crippen molar-refractivity contribution in [2.24, 2.45) is 5.41 Å². The first-order valence-electron chi connectivity index (χ1n) is 5.76. The van der Waals surface area contributed by atoms with E-state index in [0.717, 1.165) is 0 Å². The highest BCUT2D eigenvalue weighted by molar-refractivity contribution is 5.87. The maximum atomic E-state index is 11.7. The molecule has 6 heteroatoms. The number of ether oxygens (including phenoxy) is 2. The molecular formula is C12H17N3O3. The predicted molar refractivity (Wildman–Crippen MR) is 65.6 cm³/mol. The normalized spacial score (nSPS) is 16.8. The van der Waals surface area contributed by atoms with Gasteiger partial charge in [-0.25, -0.2) is 4.79 Å². The predicted octanol–water partition coefficient (Wildman–Crippen LogP) is 0.736. The Kier molecular flexibility index (Phi) is 3.47. The van der Waals surface area contributed by atoms with Gasteiger partial charge in [0.15, 0.2) is 11.5 Å². The number of hydrogen-bond acceptors (Lipinski definition) is 6. The lowest BCUT2D eigenvalue weighted by Gasteiger charge is -2.37. The van der Waals surface area contributed by atoms with Crippen LogP contribution in [0, 0.1) is 5.41 Å². The summed E-state index contributed by atoms with van der Waals surface area (Å²) in [6.45, 7) is 3.63. The summed E-state index contributed by atoms with van der Waals surface area (Å²) < 4.78 is 10.3. The molecule has 1 saturated heterocycles. The largest absolute Gasteiger partial charge is 0.460 e. The van der Waals surface area contributed by atoms with Gasteiger partial charge in [-0.2, -0.15) is 0 Å². The third-order valence-electron chi connectivity index (χ3n) is 2.77. The van der Waals surface area contributed by atoms with Crippen molar-refractivity contribution in [1.82, 2.24) is 10.2 Å². The fourth-order valence-corrected chi connectivity index (χ4v) is 1.52. The fraction of sp³-hybridized carbons (Fsp3) is 0.583. The number of esters is 1. The van der Waals surface area contributed by atoms with Crippen LogP contribution < -0.4 is 4.90 Å². The van der Waals surface area contributed by atoms with E-state index in [1.807, 2.05) is 25.9 Å². The quantitative estimate of drug-likeness (QED) is 0.735. The molecule has 0 aliphatic carbocycles. The van der Waals surface area contributed by atoms with Crippen molar-refractivity contribution in [3.05, 3.63) is 17.8 Å². The Morgan fingerprint density at radius 1 is 1.44 bits per heavy atom. The highest BCUT2D eigenvalue weighted by Gasteiger charge is 2.35. The van der Waals surface area contributed by atoms with Crippen molar-refractivity contribution < 1.29 is 14.3 Å². The van der Waals surface area contributed by atoms with Crippen molar-refractivity contribution in [3.63, 3.8) is 0 Å². The molecule has 0 bridgehead atoms. The van der Waals surface area contributed by atoms with Crippen LogP contribution in [0.1, 0.15) is 17.4 Å². The van der Waals surface area contributed by atoms with E-state index in [1.54, 1.807) is 12.1 Å². The Morgan fingerprint density at radius 3 is 2.61 bits per heavy atom. The Bertz CT molecular complexity index is 427. The molecule has 0 amide bonds. The Balaban J connectivity index is 1.92. The zero-order valence-corrected chi connectivity index (χ0v) is 10.8. The molecule has 18 heavy (non-hydrogen) atoms. The molecule has 6 nitrogen and oxygen atoms in total. The monoisotopic (exact) mass is 251 g/mol. The number of rotatable bonds is 4. The number of carbonyl (C=O) groups excluding carboxylic acids is 1. The van der Waals surface area contributed by atoms with Crippen molar-refractivity contribution in [3.8, 4) is 0 Å². The number of carbonyl (C=O) groups is 1. The van der Waals surface area contributed by atoms with Crippen LogP contribution in [0.2, 0.25) is 0 Å². The lowest BCUT2D eigenvalue weighted by molar-refractivity contribution is -0.127. The van der Waals surface area contributed by atoms with E-state index in [9.17, 15) is 4.79 Å². The Hall–Kier alpha value is -1.69. The van der Waals surface area contributed by atoms with Crippen molar-refractivity contribution in [2.75, 3.05) is 38.8 Å². The van der Waals surface area contributed by atoms with E-state index in [-0.39, 0.29) is 11.1 Å². The standard InChI is InChI=1S/C12H17N3O3/c1-12(6-17-7-12)8-18-11(16)9-4-5-10(14-13-9)15(2)3/h4-5H,6-8H2,1-3H3. The molecule has 1 fully saturated rings. The molecule has 1 aliphatic rings. The van der Waals surface area contributed by atoms with Crippen LogP contribution >= 0.6 is 0 Å². The second kappa shape index (κ2) is 4.89. The first kappa shape index (κ1) is 12.8. The van der Waals surface area contributed by atoms with E-state index < -0.39 is 5.97 Å². The average Bonchev–Trinajstić information content (AvgIpc) is 2.33. The maximum absolute atomic E-state index is 11.7. The molecule has 1 aromatic heterocycles. The third kappa shape index (κ3) is 2.76. The molecule has 0 radical (unpaired) electrons. The van der Waals surface area contributed by atoms with Crippen LogP contribution in [0.5, 0.6) is 0 Å². The summed E-state index contributed by atoms with van der Waals surface area (Å²) >= 11 is 0. The average molecular weight is 251 g/mol. The summed E-state index contributed by atoms with van der Waals surface area (Å²) in [6.07, 6.45) is 0. The third-order valence-corrected chi connectivity index (χ3v) is 2.77. The first-order valence-corrected chi connectivity index (χ1v) is 5.76. The molecule has 0 spiro atoms. The molecule has 98 valence electrons. The summed E-state index contributed by atoms with van der Waals surface area (Å²) in [4.78, 5) is 13.5. The second-order valence-electron chi connectivity index (χ2n) is 5.05. The van der Waals surface area contributed by atoms with E-state index in [4.69, 9.17) is 9.47 Å². The van der Waals surface area contributed by atoms with E-state index >= 15 is 0 Å². The number of hydrogen-bond donors (Lipinski definition) is 0. The van der Waals surface area contributed by atoms with Gasteiger partial charge in [0, 0.05) is 19.5 Å². The zero-order chi connectivity index (χ0) is 13.2. The van der Waals surface area contributed by atoms with Gasteiger partial charge in [0.2, 0.25) is 0 Å². The van der Waals surface area contributed by atoms with Gasteiger partial charge in [-0.05, 0) is 12.1 Å². The first-order chi connectivity index (χ1) is 8.50. The Morgan fingerprint density at radius 2 is 2.17 bits per heavy atom. The van der Waals surface area contributed by atoms with Crippen LogP contribution in [-0.2, 0) is 9.47 Å². The van der Waals surface area contributed by atoms with Crippen molar-refractivity contribution in [1.29, 1.82) is 0 Å². The SMILES string of the molecule is CN(C)c1ccc(C(=O)OCC2(C)COC2)nn1. The summed E-state index contributed by atoms with van der Waals surface area (Å²) in [5.41, 5.74) is 0.177. The molecule has 0 N–H and O–H groups in total. The van der Waals surface area contributed by atoms with Crippen LogP contribution in [0.4, 0.5) is 5.82 Å². The molecule has 1 aromatic rings. The highest BCUT2D eigenvalue weighted by atomic mass is 16.5. The van der Waals surface area contributed by atoms with E-state index in [0.29, 0.717) is 25.6 Å². The smallest absolute Gasteiger partial charge is 0.358 e. The lowest BCUT2D eigenvalue weighted by Crippen LogP contribution is -2.44. The van der Waals surface area contributed by atoms with Crippen LogP contribution in [0.25, 0.3) is 0 Å². The van der Waals surface area contributed by atoms with Gasteiger partial charge in [0.25, 0.3) is 0 Å². The molecule has 1 aliphatic heterocycles. The van der Waals surface area contributed by atoms with Crippen molar-refractivity contribution >= 4 is 11.8 Å². The Labute approximate surface area is 106 Å². The summed E-state index contributed by atoms with van der Waals surface area (Å²) in [5.74, 6) is 0.256. The summed E-state index contributed by atoms with van der Waals surface area (Å²) in [7, 11) is 3.72. The molecular weight excluding hydrogens is 234 g/mol. The van der Waals surface area contributed by atoms with Gasteiger partial charge in [-0.1, -0.05) is 6.92 Å². The minimum atomic E-state index is -0.444. The lowest BCUT2D eigenvalue weighted by atomic mass is 9.90. The summed E-state index contributed by atoms with van der Waals surface area (Å²) in [5, 5.41) is 7.78. The molecule has 2 heterocycles. The minimum Gasteiger partial charge on any atom is -0.460 e. The van der Waals surface area contributed by atoms with Gasteiger partial charge in [0.05, 0.1) is 13.2 Å². The van der Waals surface area contributed by atoms with Crippen molar-refractivity contribution in [2.45, 2.75) is 6.92 Å². The molecule has 0 saturated carbocycles. The van der Waals surface area contributed by atoms with E-state index in [2.05, 4.69) is 10.2 Å². The number of nitrogens with zero attached hydrogens (tertiary/aromatic N) is 3. The number of anilines is 1. The minimum absolute atomic E-state index is 0.0489. The zero-order valence-electron chi connectivity index (χ0n) is 10.8. The van der Waals surface area contributed by atoms with Gasteiger partial charge in [-0.15, -0.1) is 10.2 Å². The molecule has 0 atom stereocenters. The summed E-state index contributed by atoms with van der Waals surface area (Å²) in [6, 6.07) is 3.35. The van der Waals surface area contributed by atoms with Gasteiger partial charge in [0.1, 0.15) is 6.61 Å². The fourth-order valence-electron chi connectivity index (χ4n) is 1.52. The van der Waals surface area contributed by atoms with Gasteiger partial charge in [-0.3, -0.25) is 0 Å². The van der Waals surface area contributed by atoms with Crippen LogP contribution in [0.15, 0.2) is 12.1 Å². The maximum Gasteiger partial charge on any atom is 0.358 e. The van der Waals surface area contributed by atoms with Crippen LogP contribution in [-0.4, -0.2) is 50.1 Å². The number of aromatic nitrogens is 2. The molecule has 2 rings (SSSR count). The topological polar surface area (TPSA) is 64.6 Å². The van der Waals surface area contributed by atoms with Gasteiger partial charge >= 0.3 is 5.97 Å². The second-order valence-corrected chi connectivity index (χ2v) is 5.05. The molecule has 0 unspecified atom stereocenters. The molecule has 0 aromatic carbocycles. The van der Waals surface area contributed by atoms with Crippen LogP contribution in [0.3, 0.4) is 0 Å². The highest BCUT2D eigenvalue weighted by Crippen LogP contribution is 2.26. The van der Waals surface area contributed by atoms with Gasteiger partial charge < -0.3 is 14.4 Å².